The van der Waals surface area contributed by atoms with E-state index in [1.165, 1.54) is 30.9 Å². The first kappa shape index (κ1) is 11.7. The molecule has 0 unspecified atom stereocenters. The molecule has 0 amide bonds. The molecule has 1 heterocycles. The number of benzene rings is 1. The molecule has 18 heavy (non-hydrogen) atoms. The molecule has 1 aromatic carbocycles. The van der Waals surface area contributed by atoms with Crippen LogP contribution >= 0.6 is 0 Å². The fraction of sp³-hybridized carbons (Fsp3) is 0.533. The number of amidine groups is 1. The van der Waals surface area contributed by atoms with Crippen LogP contribution in [-0.2, 0) is 6.42 Å². The summed E-state index contributed by atoms with van der Waals surface area (Å²) in [5.74, 6) is 0.893. The molecule has 0 aromatic heterocycles. The van der Waals surface area contributed by atoms with Gasteiger partial charge in [-0.15, -0.1) is 0 Å². The predicted molar refractivity (Wildman–Crippen MR) is 71.8 cm³/mol. The summed E-state index contributed by atoms with van der Waals surface area (Å²) in [7, 11) is 0. The first-order chi connectivity index (χ1) is 8.75. The maximum Gasteiger partial charge on any atom is 0.125 e. The standard InChI is InChI=1S/C15H19FN2/c16-13-7-6-11-8-9-18(14(11)10-13)15(17)12-4-2-1-3-5-12/h6-7,10,12,17H,1-5,8-9H2. The number of rotatable bonds is 1. The van der Waals surface area contributed by atoms with Crippen molar-refractivity contribution in [3.05, 3.63) is 29.6 Å². The van der Waals surface area contributed by atoms with Gasteiger partial charge in [-0.05, 0) is 37.0 Å². The second kappa shape index (κ2) is 4.71. The minimum absolute atomic E-state index is 0.197. The van der Waals surface area contributed by atoms with Gasteiger partial charge in [0.05, 0.1) is 0 Å². The Balaban J connectivity index is 1.82. The molecule has 96 valence electrons. The van der Waals surface area contributed by atoms with Crippen molar-refractivity contribution in [2.24, 2.45) is 5.92 Å². The summed E-state index contributed by atoms with van der Waals surface area (Å²) in [6.45, 7) is 0.841. The summed E-state index contributed by atoms with van der Waals surface area (Å²) < 4.78 is 13.3. The van der Waals surface area contributed by atoms with Gasteiger partial charge in [0.25, 0.3) is 0 Å². The van der Waals surface area contributed by atoms with Crippen molar-refractivity contribution in [3.8, 4) is 0 Å². The highest BCUT2D eigenvalue weighted by Crippen LogP contribution is 2.33. The number of nitrogens with zero attached hydrogens (tertiary/aromatic N) is 1. The Labute approximate surface area is 107 Å². The van der Waals surface area contributed by atoms with E-state index in [9.17, 15) is 4.39 Å². The second-order valence-corrected chi connectivity index (χ2v) is 5.39. The molecule has 3 rings (SSSR count). The largest absolute Gasteiger partial charge is 0.329 e. The molecule has 3 heteroatoms. The van der Waals surface area contributed by atoms with Gasteiger partial charge >= 0.3 is 0 Å². The minimum Gasteiger partial charge on any atom is -0.329 e. The van der Waals surface area contributed by atoms with Crippen LogP contribution in [-0.4, -0.2) is 12.4 Å². The fourth-order valence-electron chi connectivity index (χ4n) is 3.20. The van der Waals surface area contributed by atoms with Crippen LogP contribution in [0.3, 0.4) is 0 Å². The van der Waals surface area contributed by atoms with Crippen LogP contribution in [0.15, 0.2) is 18.2 Å². The summed E-state index contributed by atoms with van der Waals surface area (Å²) >= 11 is 0. The molecule has 2 nitrogen and oxygen atoms in total. The summed E-state index contributed by atoms with van der Waals surface area (Å²) in [5, 5.41) is 8.39. The number of nitrogens with one attached hydrogen (secondary N) is 1. The van der Waals surface area contributed by atoms with Crippen molar-refractivity contribution in [1.29, 1.82) is 5.41 Å². The molecular formula is C15H19FN2. The highest BCUT2D eigenvalue weighted by Gasteiger charge is 2.28. The molecule has 0 atom stereocenters. The maximum absolute atomic E-state index is 13.3. The Hall–Kier alpha value is -1.38. The quantitative estimate of drug-likeness (QED) is 0.593. The van der Waals surface area contributed by atoms with Crippen molar-refractivity contribution in [3.63, 3.8) is 0 Å². The molecular weight excluding hydrogens is 227 g/mol. The monoisotopic (exact) mass is 246 g/mol. The van der Waals surface area contributed by atoms with E-state index in [0.29, 0.717) is 11.8 Å². The highest BCUT2D eigenvalue weighted by molar-refractivity contribution is 5.99. The Morgan fingerprint density at radius 2 is 2.00 bits per heavy atom. The number of fused-ring (bicyclic) bond motifs is 1. The maximum atomic E-state index is 13.3. The molecule has 1 saturated carbocycles. The van der Waals surface area contributed by atoms with Crippen LogP contribution in [0.25, 0.3) is 0 Å². The van der Waals surface area contributed by atoms with Gasteiger partial charge in [-0.2, -0.15) is 0 Å². The third kappa shape index (κ3) is 2.02. The summed E-state index contributed by atoms with van der Waals surface area (Å²) in [4.78, 5) is 2.02. The van der Waals surface area contributed by atoms with Gasteiger partial charge in [0.15, 0.2) is 0 Å². The molecule has 1 aliphatic carbocycles. The third-order valence-corrected chi connectivity index (χ3v) is 4.23. The van der Waals surface area contributed by atoms with Crippen molar-refractivity contribution in [2.75, 3.05) is 11.4 Å². The number of hydrogen-bond acceptors (Lipinski definition) is 1. The molecule has 2 aliphatic rings. The second-order valence-electron chi connectivity index (χ2n) is 5.39. The minimum atomic E-state index is -0.197. The van der Waals surface area contributed by atoms with Gasteiger partial charge in [-0.25, -0.2) is 4.39 Å². The number of halogens is 1. The van der Waals surface area contributed by atoms with Crippen LogP contribution in [0.2, 0.25) is 0 Å². The number of hydrogen-bond donors (Lipinski definition) is 1. The molecule has 0 radical (unpaired) electrons. The predicted octanol–water partition coefficient (Wildman–Crippen LogP) is 3.75. The van der Waals surface area contributed by atoms with Crippen molar-refractivity contribution < 1.29 is 4.39 Å². The zero-order valence-electron chi connectivity index (χ0n) is 10.6. The van der Waals surface area contributed by atoms with Crippen molar-refractivity contribution in [1.82, 2.24) is 0 Å². The molecule has 0 spiro atoms. The Bertz CT molecular complexity index is 464. The molecule has 1 aromatic rings. The SMILES string of the molecule is N=C(C1CCCCC1)N1CCc2ccc(F)cc21. The van der Waals surface area contributed by atoms with Gasteiger partial charge in [-0.1, -0.05) is 25.3 Å². The average Bonchev–Trinajstić information content (AvgIpc) is 2.82. The Morgan fingerprint density at radius 3 is 2.78 bits per heavy atom. The average molecular weight is 246 g/mol. The van der Waals surface area contributed by atoms with E-state index in [4.69, 9.17) is 5.41 Å². The van der Waals surface area contributed by atoms with Gasteiger partial charge in [-0.3, -0.25) is 5.41 Å². The first-order valence-electron chi connectivity index (χ1n) is 6.90. The summed E-state index contributed by atoms with van der Waals surface area (Å²) in [5.41, 5.74) is 2.10. The summed E-state index contributed by atoms with van der Waals surface area (Å²) in [6, 6.07) is 4.96. The number of anilines is 1. The van der Waals surface area contributed by atoms with Crippen molar-refractivity contribution >= 4 is 11.5 Å². The first-order valence-corrected chi connectivity index (χ1v) is 6.90. The van der Waals surface area contributed by atoms with E-state index in [2.05, 4.69) is 0 Å². The van der Waals surface area contributed by atoms with Crippen LogP contribution in [0, 0.1) is 17.1 Å². The van der Waals surface area contributed by atoms with Gasteiger partial charge in [0.1, 0.15) is 11.7 Å². The molecule has 1 N–H and O–H groups in total. The normalized spacial score (nSPS) is 19.9. The molecule has 1 fully saturated rings. The van der Waals surface area contributed by atoms with E-state index in [-0.39, 0.29) is 5.82 Å². The Kier molecular flexibility index (Phi) is 3.06. The van der Waals surface area contributed by atoms with Crippen molar-refractivity contribution in [2.45, 2.75) is 38.5 Å². The third-order valence-electron chi connectivity index (χ3n) is 4.23. The highest BCUT2D eigenvalue weighted by atomic mass is 19.1. The van der Waals surface area contributed by atoms with Crippen LogP contribution < -0.4 is 4.90 Å². The molecule has 0 saturated heterocycles. The van der Waals surface area contributed by atoms with E-state index in [0.717, 1.165) is 31.5 Å². The van der Waals surface area contributed by atoms with Gasteiger partial charge < -0.3 is 4.90 Å². The van der Waals surface area contributed by atoms with E-state index < -0.39 is 0 Å². The molecule has 1 aliphatic heterocycles. The fourth-order valence-corrected chi connectivity index (χ4v) is 3.20. The molecule has 0 bridgehead atoms. The van der Waals surface area contributed by atoms with E-state index >= 15 is 0 Å². The zero-order valence-corrected chi connectivity index (χ0v) is 10.6. The van der Waals surface area contributed by atoms with Gasteiger partial charge in [0, 0.05) is 18.2 Å². The lowest BCUT2D eigenvalue weighted by atomic mass is 9.88. The van der Waals surface area contributed by atoms with Crippen LogP contribution in [0.5, 0.6) is 0 Å². The van der Waals surface area contributed by atoms with Crippen LogP contribution in [0.4, 0.5) is 10.1 Å². The zero-order chi connectivity index (χ0) is 12.5. The lowest BCUT2D eigenvalue weighted by Gasteiger charge is -2.29. The van der Waals surface area contributed by atoms with E-state index in [1.54, 1.807) is 6.07 Å². The van der Waals surface area contributed by atoms with E-state index in [1.807, 2.05) is 11.0 Å². The topological polar surface area (TPSA) is 27.1 Å². The lowest BCUT2D eigenvalue weighted by Crippen LogP contribution is -2.35. The summed E-state index contributed by atoms with van der Waals surface area (Å²) in [6.07, 6.45) is 6.95. The Morgan fingerprint density at radius 1 is 1.22 bits per heavy atom. The van der Waals surface area contributed by atoms with Crippen LogP contribution in [0.1, 0.15) is 37.7 Å². The van der Waals surface area contributed by atoms with Gasteiger partial charge in [0.2, 0.25) is 0 Å². The lowest BCUT2D eigenvalue weighted by molar-refractivity contribution is 0.434. The smallest absolute Gasteiger partial charge is 0.125 e.